The lowest BCUT2D eigenvalue weighted by molar-refractivity contribution is 0.324. The Balaban J connectivity index is 0.00000240. The number of hydrogen-bond donors (Lipinski definition) is 1. The maximum absolute atomic E-state index is 5.54. The van der Waals surface area contributed by atoms with E-state index in [2.05, 4.69) is 27.6 Å². The second kappa shape index (κ2) is 9.15. The molecule has 0 spiro atoms. The summed E-state index contributed by atoms with van der Waals surface area (Å²) < 4.78 is 21.7. The number of halogens is 1. The van der Waals surface area contributed by atoms with E-state index >= 15 is 0 Å². The van der Waals surface area contributed by atoms with Crippen LogP contribution in [0.1, 0.15) is 11.1 Å². The molecule has 4 rings (SSSR count). The van der Waals surface area contributed by atoms with E-state index in [9.17, 15) is 0 Å². The number of methoxy groups -OCH3 is 3. The van der Waals surface area contributed by atoms with Gasteiger partial charge in [-0.05, 0) is 61.3 Å². The van der Waals surface area contributed by atoms with Crippen LogP contribution in [0.5, 0.6) is 17.2 Å². The van der Waals surface area contributed by atoms with Gasteiger partial charge in [0.25, 0.3) is 5.89 Å². The van der Waals surface area contributed by atoms with Gasteiger partial charge in [0.2, 0.25) is 11.6 Å². The molecule has 7 nitrogen and oxygen atoms in total. The highest BCUT2D eigenvalue weighted by Crippen LogP contribution is 2.40. The zero-order chi connectivity index (χ0) is 19.5. The summed E-state index contributed by atoms with van der Waals surface area (Å²) in [6.45, 7) is 2.00. The number of aromatic nitrogens is 2. The fraction of sp³-hybridized carbons (Fsp3) is 0.333. The maximum atomic E-state index is 5.54. The molecule has 0 amide bonds. The minimum atomic E-state index is 0. The van der Waals surface area contributed by atoms with Crippen molar-refractivity contribution in [3.05, 3.63) is 41.5 Å². The Labute approximate surface area is 175 Å². The van der Waals surface area contributed by atoms with Crippen LogP contribution in [0.3, 0.4) is 0 Å². The molecule has 8 heteroatoms. The Kier molecular flexibility index (Phi) is 6.61. The first-order valence-corrected chi connectivity index (χ1v) is 9.20. The van der Waals surface area contributed by atoms with Gasteiger partial charge in [-0.2, -0.15) is 4.98 Å². The molecule has 0 fully saturated rings. The summed E-state index contributed by atoms with van der Waals surface area (Å²) in [5, 5.41) is 7.57. The van der Waals surface area contributed by atoms with Crippen molar-refractivity contribution in [1.29, 1.82) is 0 Å². The van der Waals surface area contributed by atoms with E-state index in [4.69, 9.17) is 18.7 Å². The van der Waals surface area contributed by atoms with E-state index in [1.165, 1.54) is 11.1 Å². The normalized spacial score (nSPS) is 13.1. The van der Waals surface area contributed by atoms with Crippen LogP contribution in [0.2, 0.25) is 0 Å². The van der Waals surface area contributed by atoms with Crippen LogP contribution in [0.25, 0.3) is 22.8 Å². The average molecular weight is 418 g/mol. The molecule has 0 bridgehead atoms. The van der Waals surface area contributed by atoms with Gasteiger partial charge in [0, 0.05) is 11.1 Å². The summed E-state index contributed by atoms with van der Waals surface area (Å²) in [6.07, 6.45) is 2.03. The van der Waals surface area contributed by atoms with Gasteiger partial charge in [-0.25, -0.2) is 0 Å². The topological polar surface area (TPSA) is 78.6 Å². The third-order valence-corrected chi connectivity index (χ3v) is 4.94. The van der Waals surface area contributed by atoms with Crippen LogP contribution in [0.15, 0.2) is 34.9 Å². The molecule has 2 heterocycles. The van der Waals surface area contributed by atoms with Crippen LogP contribution >= 0.6 is 12.4 Å². The maximum Gasteiger partial charge on any atom is 0.258 e. The molecule has 154 valence electrons. The van der Waals surface area contributed by atoms with Crippen LogP contribution in [0.4, 0.5) is 0 Å². The van der Waals surface area contributed by atoms with Crippen molar-refractivity contribution in [3.8, 4) is 40.1 Å². The number of benzene rings is 2. The van der Waals surface area contributed by atoms with Gasteiger partial charge in [0.05, 0.1) is 21.3 Å². The van der Waals surface area contributed by atoms with Gasteiger partial charge >= 0.3 is 0 Å². The van der Waals surface area contributed by atoms with Gasteiger partial charge in [-0.1, -0.05) is 11.2 Å². The lowest BCUT2D eigenvalue weighted by atomic mass is 10.00. The molecular formula is C21H24ClN3O4. The van der Waals surface area contributed by atoms with E-state index in [-0.39, 0.29) is 12.4 Å². The molecule has 0 saturated heterocycles. The van der Waals surface area contributed by atoms with E-state index in [1.54, 1.807) is 33.5 Å². The summed E-state index contributed by atoms with van der Waals surface area (Å²) in [5.74, 6) is 2.56. The number of ether oxygens (including phenoxy) is 3. The molecule has 1 aliphatic rings. The number of nitrogens with one attached hydrogen (secondary N) is 1. The van der Waals surface area contributed by atoms with Gasteiger partial charge in [0.1, 0.15) is 0 Å². The quantitative estimate of drug-likeness (QED) is 0.680. The van der Waals surface area contributed by atoms with E-state index in [0.717, 1.165) is 37.1 Å². The van der Waals surface area contributed by atoms with Crippen LogP contribution in [0, 0.1) is 0 Å². The molecule has 1 aromatic heterocycles. The highest BCUT2D eigenvalue weighted by Gasteiger charge is 2.18. The molecule has 1 N–H and O–H groups in total. The van der Waals surface area contributed by atoms with Crippen molar-refractivity contribution in [1.82, 2.24) is 15.5 Å². The zero-order valence-corrected chi connectivity index (χ0v) is 17.5. The molecule has 2 aromatic carbocycles. The third-order valence-electron chi connectivity index (χ3n) is 4.94. The van der Waals surface area contributed by atoms with Crippen molar-refractivity contribution in [3.63, 3.8) is 0 Å². The molecule has 1 aliphatic heterocycles. The lowest BCUT2D eigenvalue weighted by Crippen LogP contribution is -2.16. The predicted molar refractivity (Wildman–Crippen MR) is 112 cm³/mol. The van der Waals surface area contributed by atoms with Crippen molar-refractivity contribution in [2.24, 2.45) is 0 Å². The highest BCUT2D eigenvalue weighted by atomic mass is 35.5. The molecule has 0 aliphatic carbocycles. The molecule has 0 unspecified atom stereocenters. The largest absolute Gasteiger partial charge is 0.493 e. The Morgan fingerprint density at radius 3 is 2.21 bits per heavy atom. The monoisotopic (exact) mass is 417 g/mol. The smallest absolute Gasteiger partial charge is 0.258 e. The number of fused-ring (bicyclic) bond motifs is 1. The molecule has 0 saturated carbocycles. The summed E-state index contributed by atoms with van der Waals surface area (Å²) in [7, 11) is 4.72. The van der Waals surface area contributed by atoms with Crippen LogP contribution < -0.4 is 19.5 Å². The van der Waals surface area contributed by atoms with Crippen molar-refractivity contribution in [2.45, 2.75) is 12.8 Å². The first kappa shape index (κ1) is 21.0. The van der Waals surface area contributed by atoms with E-state index in [0.29, 0.717) is 29.0 Å². The van der Waals surface area contributed by atoms with Crippen molar-refractivity contribution >= 4 is 12.4 Å². The summed E-state index contributed by atoms with van der Waals surface area (Å²) in [6, 6.07) is 9.95. The van der Waals surface area contributed by atoms with E-state index in [1.807, 2.05) is 6.07 Å². The molecular weight excluding hydrogens is 394 g/mol. The Bertz CT molecular complexity index is 965. The lowest BCUT2D eigenvalue weighted by Gasteiger charge is -2.12. The fourth-order valence-corrected chi connectivity index (χ4v) is 3.47. The molecule has 0 atom stereocenters. The van der Waals surface area contributed by atoms with Gasteiger partial charge in [-0.3, -0.25) is 0 Å². The van der Waals surface area contributed by atoms with Crippen molar-refractivity contribution < 1.29 is 18.7 Å². The first-order chi connectivity index (χ1) is 13.7. The van der Waals surface area contributed by atoms with Crippen LogP contribution in [-0.2, 0) is 12.8 Å². The minimum absolute atomic E-state index is 0. The zero-order valence-electron chi connectivity index (χ0n) is 16.7. The standard InChI is InChI=1S/C21H23N3O4.ClH/c1-25-17-11-16(12-18(26-2)19(17)27-3)20-23-21(28-24-20)15-5-4-13-6-8-22-9-7-14(13)10-15;/h4-5,10-12,22H,6-9H2,1-3H3;1H. The molecule has 0 radical (unpaired) electrons. The summed E-state index contributed by atoms with van der Waals surface area (Å²) in [4.78, 5) is 4.58. The highest BCUT2D eigenvalue weighted by molar-refractivity contribution is 5.85. The Hall–Kier alpha value is -2.77. The second-order valence-electron chi connectivity index (χ2n) is 6.57. The minimum Gasteiger partial charge on any atom is -0.493 e. The first-order valence-electron chi connectivity index (χ1n) is 9.20. The summed E-state index contributed by atoms with van der Waals surface area (Å²) >= 11 is 0. The number of hydrogen-bond acceptors (Lipinski definition) is 7. The van der Waals surface area contributed by atoms with Crippen molar-refractivity contribution in [2.75, 3.05) is 34.4 Å². The SMILES string of the molecule is COc1cc(-c2noc(-c3ccc4c(c3)CCNCC4)n2)cc(OC)c1OC.Cl. The third kappa shape index (κ3) is 4.16. The second-order valence-corrected chi connectivity index (χ2v) is 6.57. The van der Waals surface area contributed by atoms with Gasteiger partial charge in [-0.15, -0.1) is 12.4 Å². The number of nitrogens with zero attached hydrogens (tertiary/aromatic N) is 2. The molecule has 29 heavy (non-hydrogen) atoms. The van der Waals surface area contributed by atoms with Crippen LogP contribution in [-0.4, -0.2) is 44.6 Å². The van der Waals surface area contributed by atoms with E-state index < -0.39 is 0 Å². The molecule has 3 aromatic rings. The van der Waals surface area contributed by atoms with Gasteiger partial charge in [0.15, 0.2) is 11.5 Å². The average Bonchev–Trinajstić information content (AvgIpc) is 3.11. The Morgan fingerprint density at radius 2 is 1.55 bits per heavy atom. The fourth-order valence-electron chi connectivity index (χ4n) is 3.47. The predicted octanol–water partition coefficient (Wildman–Crippen LogP) is 3.54. The summed E-state index contributed by atoms with van der Waals surface area (Å²) in [5.41, 5.74) is 4.35. The Morgan fingerprint density at radius 1 is 0.862 bits per heavy atom. The van der Waals surface area contributed by atoms with Gasteiger partial charge < -0.3 is 24.1 Å². The number of rotatable bonds is 5.